The number of hydrogen-bond donors (Lipinski definition) is 0. The molecule has 0 saturated heterocycles. The maximum atomic E-state index is 13.5. The molecule has 1 aromatic carbocycles. The van der Waals surface area contributed by atoms with Crippen LogP contribution in [-0.4, -0.2) is 24.9 Å². The summed E-state index contributed by atoms with van der Waals surface area (Å²) in [5.41, 5.74) is 0.753. The van der Waals surface area contributed by atoms with Gasteiger partial charge in [-0.1, -0.05) is 78.6 Å². The number of methoxy groups -OCH3 is 1. The Morgan fingerprint density at radius 3 is 2.06 bits per heavy atom. The Balaban J connectivity index is 2.32. The molecule has 0 spiro atoms. The van der Waals surface area contributed by atoms with E-state index in [9.17, 15) is 4.79 Å². The van der Waals surface area contributed by atoms with Crippen molar-refractivity contribution in [2.24, 2.45) is 0 Å². The summed E-state index contributed by atoms with van der Waals surface area (Å²) in [5, 5.41) is 0.896. The van der Waals surface area contributed by atoms with E-state index in [-0.39, 0.29) is 5.56 Å². The van der Waals surface area contributed by atoms with E-state index in [2.05, 4.69) is 20.8 Å². The minimum absolute atomic E-state index is 0.107. The fourth-order valence-electron chi connectivity index (χ4n) is 4.11. The molecule has 0 atom stereocenters. The molecule has 5 heteroatoms. The summed E-state index contributed by atoms with van der Waals surface area (Å²) < 4.78 is 19.5. The topological polar surface area (TPSA) is 49.7 Å². The van der Waals surface area contributed by atoms with E-state index < -0.39 is 0 Å². The van der Waals surface area contributed by atoms with Crippen molar-refractivity contribution in [1.82, 2.24) is 4.57 Å². The molecule has 2 rings (SSSR count). The molecule has 186 valence electrons. The first-order valence-corrected chi connectivity index (χ1v) is 13.2. The molecule has 0 amide bonds. The van der Waals surface area contributed by atoms with Crippen molar-refractivity contribution in [3.05, 3.63) is 28.6 Å². The van der Waals surface area contributed by atoms with Gasteiger partial charge in [-0.25, -0.2) is 0 Å². The number of nitrogens with zero attached hydrogens (tertiary/aromatic N) is 1. The van der Waals surface area contributed by atoms with Crippen LogP contribution in [0.4, 0.5) is 0 Å². The number of ether oxygens (including phenoxy) is 3. The Hall–Kier alpha value is -2.17. The maximum Gasteiger partial charge on any atom is 0.297 e. The summed E-state index contributed by atoms with van der Waals surface area (Å²) in [5.74, 6) is 1.66. The van der Waals surface area contributed by atoms with Crippen molar-refractivity contribution < 1.29 is 14.2 Å². The Morgan fingerprint density at radius 2 is 1.36 bits per heavy atom. The summed E-state index contributed by atoms with van der Waals surface area (Å²) in [6.07, 6.45) is 13.7. The summed E-state index contributed by atoms with van der Waals surface area (Å²) in [7, 11) is 1.61. The molecule has 0 aliphatic heterocycles. The maximum absolute atomic E-state index is 13.5. The molecule has 2 aromatic rings. The van der Waals surface area contributed by atoms with E-state index in [1.165, 1.54) is 44.9 Å². The van der Waals surface area contributed by atoms with Gasteiger partial charge in [-0.05, 0) is 31.4 Å². The van der Waals surface area contributed by atoms with Gasteiger partial charge in [0.2, 0.25) is 5.75 Å². The van der Waals surface area contributed by atoms with Crippen molar-refractivity contribution in [3.63, 3.8) is 0 Å². The average Bonchev–Trinajstić information content (AvgIpc) is 2.83. The van der Waals surface area contributed by atoms with Crippen LogP contribution in [0.15, 0.2) is 23.0 Å². The molecule has 1 aromatic heterocycles. The fraction of sp³-hybridized carbons (Fsp3) is 0.679. The molecule has 0 radical (unpaired) electrons. The second kappa shape index (κ2) is 15.6. The predicted molar refractivity (Wildman–Crippen MR) is 138 cm³/mol. The third kappa shape index (κ3) is 8.28. The van der Waals surface area contributed by atoms with E-state index >= 15 is 0 Å². The van der Waals surface area contributed by atoms with Crippen LogP contribution >= 0.6 is 0 Å². The third-order valence-corrected chi connectivity index (χ3v) is 6.10. The largest absolute Gasteiger partial charge is 0.494 e. The normalized spacial score (nSPS) is 11.2. The standard InChI is InChI=1S/C28H45NO4/c1-5-8-11-13-14-15-19-29-25-22-23(32-21-16-12-9-6-2)17-18-24(25)26(31-4)27(28(29)30)33-20-10-7-3/h17-18,22H,5-16,19-21H2,1-4H3. The quantitative estimate of drug-likeness (QED) is 0.216. The van der Waals surface area contributed by atoms with Crippen LogP contribution in [0.25, 0.3) is 10.9 Å². The number of aromatic nitrogens is 1. The van der Waals surface area contributed by atoms with Gasteiger partial charge in [0.1, 0.15) is 5.75 Å². The van der Waals surface area contributed by atoms with Gasteiger partial charge in [0.25, 0.3) is 5.56 Å². The van der Waals surface area contributed by atoms with Gasteiger partial charge in [0.05, 0.1) is 25.8 Å². The van der Waals surface area contributed by atoms with E-state index in [0.717, 1.165) is 48.8 Å². The second-order valence-electron chi connectivity index (χ2n) is 8.88. The first-order valence-electron chi connectivity index (χ1n) is 13.2. The first-order chi connectivity index (χ1) is 16.2. The minimum atomic E-state index is -0.107. The molecule has 0 N–H and O–H groups in total. The summed E-state index contributed by atoms with van der Waals surface area (Å²) >= 11 is 0. The Morgan fingerprint density at radius 1 is 0.727 bits per heavy atom. The van der Waals surface area contributed by atoms with Gasteiger partial charge < -0.3 is 18.8 Å². The van der Waals surface area contributed by atoms with Crippen LogP contribution in [0.1, 0.15) is 97.8 Å². The number of pyridine rings is 1. The highest BCUT2D eigenvalue weighted by Crippen LogP contribution is 2.34. The molecular weight excluding hydrogens is 414 g/mol. The average molecular weight is 460 g/mol. The molecule has 0 aliphatic rings. The lowest BCUT2D eigenvalue weighted by atomic mass is 10.1. The minimum Gasteiger partial charge on any atom is -0.494 e. The lowest BCUT2D eigenvalue weighted by molar-refractivity contribution is 0.283. The van der Waals surface area contributed by atoms with Crippen LogP contribution in [0.3, 0.4) is 0 Å². The lowest BCUT2D eigenvalue weighted by Crippen LogP contribution is -2.24. The van der Waals surface area contributed by atoms with Crippen molar-refractivity contribution in [1.29, 1.82) is 0 Å². The number of unbranched alkanes of at least 4 members (excludes halogenated alkanes) is 9. The number of benzene rings is 1. The van der Waals surface area contributed by atoms with Crippen LogP contribution in [0.5, 0.6) is 17.2 Å². The fourth-order valence-corrected chi connectivity index (χ4v) is 4.11. The molecule has 0 saturated carbocycles. The zero-order valence-corrected chi connectivity index (χ0v) is 21.4. The second-order valence-corrected chi connectivity index (χ2v) is 8.88. The Kier molecular flexibility index (Phi) is 12.8. The number of fused-ring (bicyclic) bond motifs is 1. The molecule has 0 unspecified atom stereocenters. The highest BCUT2D eigenvalue weighted by molar-refractivity contribution is 5.89. The van der Waals surface area contributed by atoms with Crippen molar-refractivity contribution in [2.75, 3.05) is 20.3 Å². The highest BCUT2D eigenvalue weighted by Gasteiger charge is 2.19. The molecular formula is C28H45NO4. The van der Waals surface area contributed by atoms with Gasteiger partial charge in [0.15, 0.2) is 5.75 Å². The smallest absolute Gasteiger partial charge is 0.297 e. The SMILES string of the molecule is CCCCCCCCn1c(=O)c(OCCCC)c(OC)c2ccc(OCCCCCC)cc21. The van der Waals surface area contributed by atoms with Crippen LogP contribution < -0.4 is 19.8 Å². The molecule has 0 bridgehead atoms. The van der Waals surface area contributed by atoms with Gasteiger partial charge in [-0.3, -0.25) is 4.79 Å². The van der Waals surface area contributed by atoms with Crippen LogP contribution in [-0.2, 0) is 6.54 Å². The molecule has 1 heterocycles. The Labute approximate surface area is 200 Å². The number of hydrogen-bond acceptors (Lipinski definition) is 4. The van der Waals surface area contributed by atoms with E-state index in [4.69, 9.17) is 14.2 Å². The third-order valence-electron chi connectivity index (χ3n) is 6.10. The van der Waals surface area contributed by atoms with Crippen LogP contribution in [0.2, 0.25) is 0 Å². The monoisotopic (exact) mass is 459 g/mol. The summed E-state index contributed by atoms with van der Waals surface area (Å²) in [6, 6.07) is 5.96. The molecule has 33 heavy (non-hydrogen) atoms. The number of rotatable bonds is 18. The Bertz CT molecular complexity index is 874. The zero-order chi connectivity index (χ0) is 23.9. The van der Waals surface area contributed by atoms with Gasteiger partial charge in [-0.2, -0.15) is 0 Å². The molecule has 5 nitrogen and oxygen atoms in total. The van der Waals surface area contributed by atoms with Crippen molar-refractivity contribution >= 4 is 10.9 Å². The molecule has 0 aliphatic carbocycles. The van der Waals surface area contributed by atoms with E-state index in [1.54, 1.807) is 7.11 Å². The van der Waals surface area contributed by atoms with E-state index in [1.807, 2.05) is 22.8 Å². The summed E-state index contributed by atoms with van der Waals surface area (Å²) in [6.45, 7) is 8.44. The van der Waals surface area contributed by atoms with Crippen LogP contribution in [0, 0.1) is 0 Å². The highest BCUT2D eigenvalue weighted by atomic mass is 16.5. The summed E-state index contributed by atoms with van der Waals surface area (Å²) in [4.78, 5) is 13.5. The molecule has 0 fully saturated rings. The van der Waals surface area contributed by atoms with E-state index in [0.29, 0.717) is 31.3 Å². The predicted octanol–water partition coefficient (Wildman–Crippen LogP) is 7.51. The zero-order valence-electron chi connectivity index (χ0n) is 21.4. The van der Waals surface area contributed by atoms with Gasteiger partial charge in [-0.15, -0.1) is 0 Å². The number of aryl methyl sites for hydroxylation is 1. The van der Waals surface area contributed by atoms with Crippen molar-refractivity contribution in [2.45, 2.75) is 104 Å². The van der Waals surface area contributed by atoms with Crippen molar-refractivity contribution in [3.8, 4) is 17.2 Å². The van der Waals surface area contributed by atoms with Gasteiger partial charge >= 0.3 is 0 Å². The first kappa shape index (κ1) is 27.1. The van der Waals surface area contributed by atoms with Gasteiger partial charge in [0, 0.05) is 18.0 Å². The lowest BCUT2D eigenvalue weighted by Gasteiger charge is -2.18.